The van der Waals surface area contributed by atoms with Gasteiger partial charge >= 0.3 is 0 Å². The van der Waals surface area contributed by atoms with Crippen molar-refractivity contribution in [2.75, 3.05) is 11.1 Å². The lowest BCUT2D eigenvalue weighted by Gasteiger charge is -2.12. The Balaban J connectivity index is 1.39. The lowest BCUT2D eigenvalue weighted by atomic mass is 10.1. The minimum absolute atomic E-state index is 0.527. The van der Waals surface area contributed by atoms with E-state index >= 15 is 0 Å². The number of hydrogen-bond acceptors (Lipinski definition) is 9. The van der Waals surface area contributed by atoms with Gasteiger partial charge in [0.25, 0.3) is 0 Å². The summed E-state index contributed by atoms with van der Waals surface area (Å²) in [6.45, 7) is 7.10. The molecule has 32 heavy (non-hydrogen) atoms. The van der Waals surface area contributed by atoms with E-state index in [4.69, 9.17) is 10.2 Å². The molecule has 5 heterocycles. The Hall–Kier alpha value is -4.08. The lowest BCUT2D eigenvalue weighted by Crippen LogP contribution is -2.08. The molecule has 0 aliphatic carbocycles. The number of rotatable bonds is 6. The second-order valence-corrected chi connectivity index (χ2v) is 7.70. The van der Waals surface area contributed by atoms with Gasteiger partial charge in [0.1, 0.15) is 23.5 Å². The molecule has 5 rings (SSSR count). The summed E-state index contributed by atoms with van der Waals surface area (Å²) in [5, 5.41) is 8.84. The predicted octanol–water partition coefficient (Wildman–Crippen LogP) is 3.18. The predicted molar refractivity (Wildman–Crippen MR) is 121 cm³/mol. The van der Waals surface area contributed by atoms with Crippen molar-refractivity contribution >= 4 is 33.9 Å². The zero-order chi connectivity index (χ0) is 22.2. The van der Waals surface area contributed by atoms with E-state index in [0.29, 0.717) is 36.2 Å². The number of pyridine rings is 2. The molecule has 0 aromatic carbocycles. The fourth-order valence-corrected chi connectivity index (χ4v) is 3.77. The van der Waals surface area contributed by atoms with Crippen molar-refractivity contribution in [1.29, 1.82) is 0 Å². The fourth-order valence-electron chi connectivity index (χ4n) is 3.77. The number of hydrogen-bond donors (Lipinski definition) is 2. The molecule has 0 unspecified atom stereocenters. The molecule has 0 saturated heterocycles. The zero-order valence-corrected chi connectivity index (χ0v) is 18.1. The van der Waals surface area contributed by atoms with Crippen LogP contribution in [-0.4, -0.2) is 34.7 Å². The third-order valence-electron chi connectivity index (χ3n) is 5.37. The summed E-state index contributed by atoms with van der Waals surface area (Å²) in [6.07, 6.45) is 5.96. The van der Waals surface area contributed by atoms with Crippen molar-refractivity contribution in [2.45, 2.75) is 40.3 Å². The molecule has 0 fully saturated rings. The summed E-state index contributed by atoms with van der Waals surface area (Å²) in [5.41, 5.74) is 11.8. The van der Waals surface area contributed by atoms with Crippen LogP contribution in [0.5, 0.6) is 0 Å². The molecule has 0 saturated carbocycles. The van der Waals surface area contributed by atoms with Gasteiger partial charge in [-0.25, -0.2) is 24.9 Å². The van der Waals surface area contributed by atoms with Crippen LogP contribution < -0.4 is 11.1 Å². The van der Waals surface area contributed by atoms with Gasteiger partial charge < -0.3 is 15.5 Å². The highest BCUT2D eigenvalue weighted by molar-refractivity contribution is 5.85. The van der Waals surface area contributed by atoms with Gasteiger partial charge in [0.05, 0.1) is 11.9 Å². The van der Waals surface area contributed by atoms with Gasteiger partial charge in [0.2, 0.25) is 5.71 Å². The van der Waals surface area contributed by atoms with Crippen molar-refractivity contribution in [1.82, 2.24) is 34.7 Å². The molecule has 10 nitrogen and oxygen atoms in total. The molecular weight excluding hydrogens is 406 g/mol. The standard InChI is InChI=1S/C22H23N9O/c1-4-19-29-17-6-14(7-25-22(17)32-19)9-31-10-16-20(26-11-27-21(16)30-31)24-8-15-12(2)5-18(23)28-13(15)3/h5-7,10-11H,4,8-9H2,1-3H3,(H2,23,28)(H,24,26,27,30). The molecule has 0 atom stereocenters. The van der Waals surface area contributed by atoms with Gasteiger partial charge in [0, 0.05) is 31.1 Å². The molecule has 0 spiro atoms. The average Bonchev–Trinajstić information content (AvgIpc) is 3.36. The Morgan fingerprint density at radius 2 is 2.00 bits per heavy atom. The lowest BCUT2D eigenvalue weighted by molar-refractivity contribution is 0.529. The maximum atomic E-state index is 5.84. The summed E-state index contributed by atoms with van der Waals surface area (Å²) >= 11 is 0. The molecular formula is C22H23N9O. The summed E-state index contributed by atoms with van der Waals surface area (Å²) in [5.74, 6) is 1.93. The van der Waals surface area contributed by atoms with Crippen LogP contribution in [0.15, 0.2) is 35.3 Å². The van der Waals surface area contributed by atoms with Gasteiger partial charge in [-0.05, 0) is 42.7 Å². The molecule has 3 N–H and O–H groups in total. The van der Waals surface area contributed by atoms with E-state index in [1.807, 2.05) is 43.8 Å². The van der Waals surface area contributed by atoms with Crippen molar-refractivity contribution in [3.63, 3.8) is 0 Å². The van der Waals surface area contributed by atoms with Gasteiger partial charge in [0.15, 0.2) is 11.5 Å². The van der Waals surface area contributed by atoms with Gasteiger partial charge in [-0.2, -0.15) is 5.10 Å². The first kappa shape index (κ1) is 19.9. The number of oxazole rings is 1. The molecule has 0 amide bonds. The molecule has 5 aromatic rings. The highest BCUT2D eigenvalue weighted by atomic mass is 16.4. The maximum absolute atomic E-state index is 5.84. The van der Waals surface area contributed by atoms with E-state index in [2.05, 4.69) is 35.3 Å². The number of anilines is 2. The normalized spacial score (nSPS) is 11.5. The summed E-state index contributed by atoms with van der Waals surface area (Å²) in [4.78, 5) is 21.9. The van der Waals surface area contributed by atoms with Crippen LogP contribution in [0.1, 0.15) is 35.2 Å². The number of nitrogens with two attached hydrogens (primary N) is 1. The molecule has 10 heteroatoms. The largest absolute Gasteiger partial charge is 0.422 e. The monoisotopic (exact) mass is 429 g/mol. The second kappa shape index (κ2) is 7.88. The number of nitrogens with one attached hydrogen (secondary N) is 1. The minimum atomic E-state index is 0.527. The Bertz CT molecular complexity index is 1410. The SMILES string of the molecule is CCc1nc2cc(Cn3cc4c(NCc5c(C)cc(N)nc5C)ncnc4n3)cnc2o1. The summed E-state index contributed by atoms with van der Waals surface area (Å²) < 4.78 is 7.42. The van der Waals surface area contributed by atoms with E-state index < -0.39 is 0 Å². The molecule has 0 aliphatic rings. The number of nitrogen functional groups attached to an aromatic ring is 1. The summed E-state index contributed by atoms with van der Waals surface area (Å²) in [6, 6.07) is 3.85. The Morgan fingerprint density at radius 3 is 2.81 bits per heavy atom. The van der Waals surface area contributed by atoms with Gasteiger partial charge in [-0.15, -0.1) is 0 Å². The zero-order valence-electron chi connectivity index (χ0n) is 18.1. The summed E-state index contributed by atoms with van der Waals surface area (Å²) in [7, 11) is 0. The van der Waals surface area contributed by atoms with E-state index in [9.17, 15) is 0 Å². The van der Waals surface area contributed by atoms with Gasteiger partial charge in [-0.3, -0.25) is 4.68 Å². The smallest absolute Gasteiger partial charge is 0.246 e. The number of aryl methyl sites for hydroxylation is 3. The van der Waals surface area contributed by atoms with E-state index in [0.717, 1.165) is 45.5 Å². The van der Waals surface area contributed by atoms with Gasteiger partial charge in [-0.1, -0.05) is 6.92 Å². The highest BCUT2D eigenvalue weighted by Crippen LogP contribution is 2.22. The van der Waals surface area contributed by atoms with E-state index in [-0.39, 0.29) is 0 Å². The minimum Gasteiger partial charge on any atom is -0.422 e. The van der Waals surface area contributed by atoms with Crippen LogP contribution in [0.4, 0.5) is 11.6 Å². The molecule has 5 aromatic heterocycles. The van der Waals surface area contributed by atoms with E-state index in [1.165, 1.54) is 6.33 Å². The van der Waals surface area contributed by atoms with E-state index in [1.54, 1.807) is 6.20 Å². The first-order chi connectivity index (χ1) is 15.5. The maximum Gasteiger partial charge on any atom is 0.246 e. The molecule has 0 radical (unpaired) electrons. The Morgan fingerprint density at radius 1 is 1.12 bits per heavy atom. The average molecular weight is 429 g/mol. The van der Waals surface area contributed by atoms with Crippen LogP contribution in [0.25, 0.3) is 22.3 Å². The number of fused-ring (bicyclic) bond motifs is 2. The number of aromatic nitrogens is 7. The topological polar surface area (TPSA) is 133 Å². The second-order valence-electron chi connectivity index (χ2n) is 7.70. The van der Waals surface area contributed by atoms with Crippen LogP contribution in [0.2, 0.25) is 0 Å². The van der Waals surface area contributed by atoms with Crippen molar-refractivity contribution < 1.29 is 4.42 Å². The highest BCUT2D eigenvalue weighted by Gasteiger charge is 2.12. The van der Waals surface area contributed by atoms with Crippen LogP contribution in [0, 0.1) is 13.8 Å². The third-order valence-corrected chi connectivity index (χ3v) is 5.37. The Kier molecular flexibility index (Phi) is 4.89. The number of nitrogens with zero attached hydrogens (tertiary/aromatic N) is 7. The first-order valence-electron chi connectivity index (χ1n) is 10.4. The Labute approximate surface area is 183 Å². The van der Waals surface area contributed by atoms with Crippen molar-refractivity contribution in [3.8, 4) is 0 Å². The van der Waals surface area contributed by atoms with Crippen LogP contribution >= 0.6 is 0 Å². The van der Waals surface area contributed by atoms with Crippen molar-refractivity contribution in [3.05, 3.63) is 59.1 Å². The van der Waals surface area contributed by atoms with Crippen molar-refractivity contribution in [2.24, 2.45) is 0 Å². The molecule has 0 aliphatic heterocycles. The molecule has 162 valence electrons. The third kappa shape index (κ3) is 3.70. The molecule has 0 bridgehead atoms. The quantitative estimate of drug-likeness (QED) is 0.417. The van der Waals surface area contributed by atoms with Crippen LogP contribution in [-0.2, 0) is 19.5 Å². The van der Waals surface area contributed by atoms with Crippen LogP contribution in [0.3, 0.4) is 0 Å². The fraction of sp³-hybridized carbons (Fsp3) is 0.273. The first-order valence-corrected chi connectivity index (χ1v) is 10.4.